The van der Waals surface area contributed by atoms with Gasteiger partial charge in [-0.3, -0.25) is 10.1 Å². The molecule has 0 spiro atoms. The SMILES string of the molecule is CN=C(NCCc1nc(-c2ccco2)n[nH]1)N(C)Cc1ccccc1OC.I. The van der Waals surface area contributed by atoms with Crippen LogP contribution in [0.3, 0.4) is 0 Å². The summed E-state index contributed by atoms with van der Waals surface area (Å²) in [6.45, 7) is 1.37. The number of nitrogens with zero attached hydrogens (tertiary/aromatic N) is 4. The lowest BCUT2D eigenvalue weighted by Crippen LogP contribution is -2.39. The minimum absolute atomic E-state index is 0. The van der Waals surface area contributed by atoms with Crippen LogP contribution < -0.4 is 10.1 Å². The van der Waals surface area contributed by atoms with E-state index in [2.05, 4.69) is 25.5 Å². The van der Waals surface area contributed by atoms with Gasteiger partial charge in [0.2, 0.25) is 5.82 Å². The molecule has 0 radical (unpaired) electrons. The Morgan fingerprint density at radius 3 is 2.82 bits per heavy atom. The number of methoxy groups -OCH3 is 1. The monoisotopic (exact) mass is 496 g/mol. The van der Waals surface area contributed by atoms with Crippen molar-refractivity contribution in [3.8, 4) is 17.3 Å². The van der Waals surface area contributed by atoms with Crippen LogP contribution in [0.2, 0.25) is 0 Å². The molecule has 0 unspecified atom stereocenters. The molecule has 0 fully saturated rings. The number of para-hydroxylation sites is 1. The molecule has 0 atom stereocenters. The molecule has 2 aromatic heterocycles. The van der Waals surface area contributed by atoms with Crippen molar-refractivity contribution in [2.45, 2.75) is 13.0 Å². The predicted octanol–water partition coefficient (Wildman–Crippen LogP) is 2.94. The first-order valence-corrected chi connectivity index (χ1v) is 8.70. The molecule has 9 heteroatoms. The van der Waals surface area contributed by atoms with Gasteiger partial charge in [-0.05, 0) is 18.2 Å². The lowest BCUT2D eigenvalue weighted by Gasteiger charge is -2.23. The normalized spacial score (nSPS) is 11.0. The number of H-pyrrole nitrogens is 1. The second kappa shape index (κ2) is 10.7. The number of rotatable bonds is 7. The van der Waals surface area contributed by atoms with Crippen molar-refractivity contribution in [2.75, 3.05) is 27.7 Å². The van der Waals surface area contributed by atoms with E-state index in [9.17, 15) is 0 Å². The van der Waals surface area contributed by atoms with Gasteiger partial charge >= 0.3 is 0 Å². The number of hydrogen-bond acceptors (Lipinski definition) is 5. The summed E-state index contributed by atoms with van der Waals surface area (Å²) in [5.74, 6) is 3.67. The summed E-state index contributed by atoms with van der Waals surface area (Å²) in [6.07, 6.45) is 2.30. The van der Waals surface area contributed by atoms with Gasteiger partial charge in [-0.1, -0.05) is 18.2 Å². The number of aromatic amines is 1. The topological polar surface area (TPSA) is 91.6 Å². The zero-order chi connectivity index (χ0) is 19.1. The first-order chi connectivity index (χ1) is 13.2. The van der Waals surface area contributed by atoms with E-state index in [4.69, 9.17) is 9.15 Å². The van der Waals surface area contributed by atoms with E-state index < -0.39 is 0 Å². The van der Waals surface area contributed by atoms with Crippen LogP contribution in [-0.2, 0) is 13.0 Å². The number of nitrogens with one attached hydrogen (secondary N) is 2. The fraction of sp³-hybridized carbons (Fsp3) is 0.316. The van der Waals surface area contributed by atoms with Crippen molar-refractivity contribution in [1.82, 2.24) is 25.4 Å². The Labute approximate surface area is 181 Å². The van der Waals surface area contributed by atoms with Gasteiger partial charge in [-0.15, -0.1) is 24.0 Å². The summed E-state index contributed by atoms with van der Waals surface area (Å²) >= 11 is 0. The largest absolute Gasteiger partial charge is 0.496 e. The highest BCUT2D eigenvalue weighted by atomic mass is 127. The summed E-state index contributed by atoms with van der Waals surface area (Å²) in [4.78, 5) is 10.8. The summed E-state index contributed by atoms with van der Waals surface area (Å²) in [6, 6.07) is 11.6. The van der Waals surface area contributed by atoms with Crippen molar-refractivity contribution in [3.05, 3.63) is 54.0 Å². The fourth-order valence-corrected chi connectivity index (χ4v) is 2.76. The van der Waals surface area contributed by atoms with Crippen LogP contribution in [0.15, 0.2) is 52.1 Å². The Morgan fingerprint density at radius 1 is 1.29 bits per heavy atom. The van der Waals surface area contributed by atoms with E-state index in [0.717, 1.165) is 23.1 Å². The molecule has 3 rings (SSSR count). The average Bonchev–Trinajstić information content (AvgIpc) is 3.37. The molecular weight excluding hydrogens is 471 g/mol. The standard InChI is InChI=1S/C19H24N6O2.HI/c1-20-19(25(2)13-14-7-4-5-8-15(14)26-3)21-11-10-17-22-18(24-23-17)16-9-6-12-27-16;/h4-9,12H,10-11,13H2,1-3H3,(H,20,21)(H,22,23,24);1H. The van der Waals surface area contributed by atoms with E-state index in [1.165, 1.54) is 0 Å². The molecule has 0 aliphatic rings. The molecule has 2 N–H and O–H groups in total. The Balaban J connectivity index is 0.00000280. The minimum Gasteiger partial charge on any atom is -0.496 e. The van der Waals surface area contributed by atoms with Gasteiger partial charge in [0.05, 0.1) is 13.4 Å². The molecule has 0 bridgehead atoms. The molecule has 0 saturated carbocycles. The van der Waals surface area contributed by atoms with E-state index in [-0.39, 0.29) is 24.0 Å². The van der Waals surface area contributed by atoms with Crippen LogP contribution in [0.1, 0.15) is 11.4 Å². The molecule has 1 aromatic carbocycles. The number of hydrogen-bond donors (Lipinski definition) is 2. The van der Waals surface area contributed by atoms with Gasteiger partial charge in [0.1, 0.15) is 11.6 Å². The summed E-state index contributed by atoms with van der Waals surface area (Å²) < 4.78 is 10.7. The van der Waals surface area contributed by atoms with Crippen molar-refractivity contribution in [3.63, 3.8) is 0 Å². The lowest BCUT2D eigenvalue weighted by molar-refractivity contribution is 0.396. The highest BCUT2D eigenvalue weighted by molar-refractivity contribution is 14.0. The number of ether oxygens (including phenoxy) is 1. The maximum absolute atomic E-state index is 5.42. The molecule has 28 heavy (non-hydrogen) atoms. The third-order valence-electron chi connectivity index (χ3n) is 4.09. The molecule has 0 aliphatic carbocycles. The molecule has 8 nitrogen and oxygen atoms in total. The van der Waals surface area contributed by atoms with Crippen LogP contribution in [0.5, 0.6) is 5.75 Å². The number of aromatic nitrogens is 3. The van der Waals surface area contributed by atoms with Gasteiger partial charge in [-0.25, -0.2) is 4.98 Å². The number of furan rings is 1. The molecule has 3 aromatic rings. The Bertz CT molecular complexity index is 878. The van der Waals surface area contributed by atoms with Crippen LogP contribution in [-0.4, -0.2) is 53.8 Å². The lowest BCUT2D eigenvalue weighted by atomic mass is 10.2. The second-order valence-corrected chi connectivity index (χ2v) is 5.97. The van der Waals surface area contributed by atoms with Crippen LogP contribution in [0.4, 0.5) is 0 Å². The fourth-order valence-electron chi connectivity index (χ4n) is 2.76. The van der Waals surface area contributed by atoms with Crippen molar-refractivity contribution in [1.29, 1.82) is 0 Å². The van der Waals surface area contributed by atoms with Crippen molar-refractivity contribution in [2.24, 2.45) is 4.99 Å². The first kappa shape index (κ1) is 21.7. The predicted molar refractivity (Wildman–Crippen MR) is 119 cm³/mol. The van der Waals surface area contributed by atoms with Gasteiger partial charge in [-0.2, -0.15) is 5.10 Å². The smallest absolute Gasteiger partial charge is 0.216 e. The van der Waals surface area contributed by atoms with Gasteiger partial charge in [0.25, 0.3) is 0 Å². The first-order valence-electron chi connectivity index (χ1n) is 8.70. The van der Waals surface area contributed by atoms with E-state index in [1.54, 1.807) is 20.4 Å². The van der Waals surface area contributed by atoms with Crippen LogP contribution >= 0.6 is 24.0 Å². The maximum atomic E-state index is 5.42. The Hall–Kier alpha value is -2.56. The highest BCUT2D eigenvalue weighted by Gasteiger charge is 2.11. The average molecular weight is 496 g/mol. The Morgan fingerprint density at radius 2 is 2.11 bits per heavy atom. The summed E-state index contributed by atoms with van der Waals surface area (Å²) in [7, 11) is 5.44. The summed E-state index contributed by atoms with van der Waals surface area (Å²) in [5, 5.41) is 10.5. The molecule has 0 amide bonds. The van der Waals surface area contributed by atoms with Crippen molar-refractivity contribution >= 4 is 29.9 Å². The zero-order valence-electron chi connectivity index (χ0n) is 16.2. The summed E-state index contributed by atoms with van der Waals surface area (Å²) in [5.41, 5.74) is 1.10. The Kier molecular flexibility index (Phi) is 8.30. The van der Waals surface area contributed by atoms with Crippen LogP contribution in [0, 0.1) is 0 Å². The van der Waals surface area contributed by atoms with E-state index in [1.807, 2.05) is 48.3 Å². The molecule has 0 saturated heterocycles. The van der Waals surface area contributed by atoms with Gasteiger partial charge < -0.3 is 19.4 Å². The maximum Gasteiger partial charge on any atom is 0.216 e. The zero-order valence-corrected chi connectivity index (χ0v) is 18.5. The van der Waals surface area contributed by atoms with Crippen LogP contribution in [0.25, 0.3) is 11.6 Å². The number of guanidine groups is 1. The van der Waals surface area contributed by atoms with Gasteiger partial charge in [0, 0.05) is 39.2 Å². The number of benzene rings is 1. The van der Waals surface area contributed by atoms with E-state index in [0.29, 0.717) is 31.1 Å². The molecule has 150 valence electrons. The molecule has 0 aliphatic heterocycles. The minimum atomic E-state index is 0. The molecular formula is C19H25IN6O2. The highest BCUT2D eigenvalue weighted by Crippen LogP contribution is 2.18. The second-order valence-electron chi connectivity index (χ2n) is 5.97. The third-order valence-corrected chi connectivity index (χ3v) is 4.09. The molecule has 2 heterocycles. The third kappa shape index (κ3) is 5.47. The van der Waals surface area contributed by atoms with Crippen molar-refractivity contribution < 1.29 is 9.15 Å². The number of aliphatic imine (C=N–C) groups is 1. The van der Waals surface area contributed by atoms with Gasteiger partial charge in [0.15, 0.2) is 11.7 Å². The van der Waals surface area contributed by atoms with E-state index >= 15 is 0 Å². The number of halogens is 1. The quantitative estimate of drug-likeness (QED) is 0.297.